The second kappa shape index (κ2) is 9.25. The normalized spacial score (nSPS) is 23.5. The number of piperidine rings is 1. The van der Waals surface area contributed by atoms with Crippen molar-refractivity contribution in [1.82, 2.24) is 15.5 Å². The van der Waals surface area contributed by atoms with Gasteiger partial charge in [-0.15, -0.1) is 30.6 Å². The summed E-state index contributed by atoms with van der Waals surface area (Å²) in [5.41, 5.74) is 0. The Balaban J connectivity index is 0.00000192. The topological polar surface area (TPSA) is 39.7 Å². The van der Waals surface area contributed by atoms with Crippen molar-refractivity contribution < 1.29 is 0 Å². The van der Waals surface area contributed by atoms with Crippen LogP contribution in [0.25, 0.3) is 0 Å². The number of guanidine groups is 1. The first-order valence-corrected chi connectivity index (χ1v) is 9.10. The summed E-state index contributed by atoms with van der Waals surface area (Å²) in [5, 5.41) is 7.23. The van der Waals surface area contributed by atoms with Gasteiger partial charge in [0.2, 0.25) is 0 Å². The predicted octanol–water partition coefficient (Wildman–Crippen LogP) is 2.86. The molecular formula is C18H33IN4. The Labute approximate surface area is 158 Å². The highest BCUT2D eigenvalue weighted by atomic mass is 127. The number of nitrogens with one attached hydrogen (secondary N) is 2. The molecule has 2 aliphatic carbocycles. The van der Waals surface area contributed by atoms with Crippen LogP contribution < -0.4 is 10.6 Å². The van der Waals surface area contributed by atoms with Crippen molar-refractivity contribution in [2.75, 3.05) is 33.2 Å². The van der Waals surface area contributed by atoms with E-state index in [2.05, 4.69) is 27.1 Å². The van der Waals surface area contributed by atoms with Crippen molar-refractivity contribution in [3.63, 3.8) is 0 Å². The molecule has 2 saturated carbocycles. The van der Waals surface area contributed by atoms with Gasteiger partial charge in [-0.2, -0.15) is 0 Å². The average molecular weight is 432 g/mol. The number of rotatable bonds is 7. The molecule has 1 heterocycles. The second-order valence-electron chi connectivity index (χ2n) is 7.30. The molecule has 2 N–H and O–H groups in total. The van der Waals surface area contributed by atoms with Crippen molar-refractivity contribution in [2.24, 2.45) is 22.7 Å². The monoisotopic (exact) mass is 432 g/mol. The number of aliphatic imine (C=N–C) groups is 1. The minimum atomic E-state index is 0. The van der Waals surface area contributed by atoms with E-state index in [4.69, 9.17) is 0 Å². The molecule has 0 aromatic rings. The molecule has 3 rings (SSSR count). The van der Waals surface area contributed by atoms with Gasteiger partial charge in [-0.05, 0) is 56.3 Å². The highest BCUT2D eigenvalue weighted by Crippen LogP contribution is 2.48. The van der Waals surface area contributed by atoms with Crippen LogP contribution in [0, 0.1) is 17.8 Å². The van der Waals surface area contributed by atoms with Crippen LogP contribution in [0.2, 0.25) is 0 Å². The Morgan fingerprint density at radius 3 is 2.26 bits per heavy atom. The number of halogens is 1. The molecule has 1 saturated heterocycles. The first-order chi connectivity index (χ1) is 10.8. The van der Waals surface area contributed by atoms with Gasteiger partial charge in [0.25, 0.3) is 0 Å². The molecule has 1 aliphatic heterocycles. The summed E-state index contributed by atoms with van der Waals surface area (Å²) >= 11 is 0. The number of hydrogen-bond donors (Lipinski definition) is 2. The van der Waals surface area contributed by atoms with Crippen LogP contribution in [0.5, 0.6) is 0 Å². The maximum Gasteiger partial charge on any atom is 0.191 e. The summed E-state index contributed by atoms with van der Waals surface area (Å²) < 4.78 is 0. The fourth-order valence-electron chi connectivity index (χ4n) is 3.81. The van der Waals surface area contributed by atoms with E-state index in [1.165, 1.54) is 38.5 Å². The van der Waals surface area contributed by atoms with Gasteiger partial charge in [0.05, 0.1) is 0 Å². The van der Waals surface area contributed by atoms with E-state index in [0.29, 0.717) is 6.04 Å². The molecule has 0 spiro atoms. The van der Waals surface area contributed by atoms with E-state index < -0.39 is 0 Å². The summed E-state index contributed by atoms with van der Waals surface area (Å²) in [7, 11) is 1.89. The average Bonchev–Trinajstić information content (AvgIpc) is 3.42. The molecule has 0 bridgehead atoms. The molecule has 4 nitrogen and oxygen atoms in total. The Morgan fingerprint density at radius 1 is 1.17 bits per heavy atom. The molecule has 132 valence electrons. The third kappa shape index (κ3) is 5.93. The lowest BCUT2D eigenvalue weighted by Gasteiger charge is -2.32. The van der Waals surface area contributed by atoms with Gasteiger partial charge in [0.15, 0.2) is 5.96 Å². The van der Waals surface area contributed by atoms with Gasteiger partial charge in [-0.3, -0.25) is 9.89 Å². The fourth-order valence-corrected chi connectivity index (χ4v) is 3.81. The van der Waals surface area contributed by atoms with Gasteiger partial charge in [0.1, 0.15) is 0 Å². The Kier molecular flexibility index (Phi) is 7.66. The fraction of sp³-hybridized carbons (Fsp3) is 0.833. The molecule has 0 radical (unpaired) electrons. The van der Waals surface area contributed by atoms with Crippen molar-refractivity contribution in [2.45, 2.75) is 44.6 Å². The molecule has 23 heavy (non-hydrogen) atoms. The van der Waals surface area contributed by atoms with Gasteiger partial charge in [-0.25, -0.2) is 0 Å². The van der Waals surface area contributed by atoms with E-state index in [-0.39, 0.29) is 24.0 Å². The minimum Gasteiger partial charge on any atom is -0.356 e. The van der Waals surface area contributed by atoms with Crippen LogP contribution in [0.3, 0.4) is 0 Å². The third-order valence-electron chi connectivity index (χ3n) is 5.50. The maximum atomic E-state index is 4.43. The molecule has 0 atom stereocenters. The minimum absolute atomic E-state index is 0. The smallest absolute Gasteiger partial charge is 0.191 e. The Morgan fingerprint density at radius 2 is 1.78 bits per heavy atom. The lowest BCUT2D eigenvalue weighted by atomic mass is 9.98. The van der Waals surface area contributed by atoms with Gasteiger partial charge in [0, 0.05) is 39.3 Å². The highest BCUT2D eigenvalue weighted by molar-refractivity contribution is 14.0. The van der Waals surface area contributed by atoms with E-state index in [0.717, 1.165) is 49.9 Å². The number of nitrogens with zero attached hydrogens (tertiary/aromatic N) is 2. The summed E-state index contributed by atoms with van der Waals surface area (Å²) in [6, 6.07) is 0.563. The maximum absolute atomic E-state index is 4.43. The highest BCUT2D eigenvalue weighted by Gasteiger charge is 2.41. The molecule has 0 amide bonds. The van der Waals surface area contributed by atoms with Gasteiger partial charge in [-0.1, -0.05) is 6.08 Å². The zero-order valence-electron chi connectivity index (χ0n) is 14.5. The van der Waals surface area contributed by atoms with Crippen LogP contribution in [-0.4, -0.2) is 50.1 Å². The molecule has 3 aliphatic rings. The zero-order chi connectivity index (χ0) is 15.4. The lowest BCUT2D eigenvalue weighted by Crippen LogP contribution is -2.49. The third-order valence-corrected chi connectivity index (χ3v) is 5.50. The standard InChI is InChI=1S/C18H32N4.HI/c1-3-10-22-11-8-16(9-12-22)21-18(19-2)20-13-17(14-4-5-14)15-6-7-15;/h3,14-17H,1,4-13H2,2H3,(H2,19,20,21);1H. The van der Waals surface area contributed by atoms with Crippen LogP contribution in [0.1, 0.15) is 38.5 Å². The predicted molar refractivity (Wildman–Crippen MR) is 109 cm³/mol. The Bertz CT molecular complexity index is 384. The summed E-state index contributed by atoms with van der Waals surface area (Å²) in [4.78, 5) is 6.90. The zero-order valence-corrected chi connectivity index (χ0v) is 16.8. The molecule has 0 unspecified atom stereocenters. The van der Waals surface area contributed by atoms with Crippen LogP contribution in [-0.2, 0) is 0 Å². The quantitative estimate of drug-likeness (QED) is 0.281. The first-order valence-electron chi connectivity index (χ1n) is 9.10. The van der Waals surface area contributed by atoms with Crippen LogP contribution >= 0.6 is 24.0 Å². The van der Waals surface area contributed by atoms with Crippen molar-refractivity contribution >= 4 is 29.9 Å². The molecule has 0 aromatic carbocycles. The summed E-state index contributed by atoms with van der Waals surface area (Å²) in [6.45, 7) is 8.28. The van der Waals surface area contributed by atoms with Crippen LogP contribution in [0.4, 0.5) is 0 Å². The molecular weight excluding hydrogens is 399 g/mol. The van der Waals surface area contributed by atoms with Crippen molar-refractivity contribution in [1.29, 1.82) is 0 Å². The lowest BCUT2D eigenvalue weighted by molar-refractivity contribution is 0.225. The second-order valence-corrected chi connectivity index (χ2v) is 7.30. The molecule has 0 aromatic heterocycles. The summed E-state index contributed by atoms with van der Waals surface area (Å²) in [5.74, 6) is 3.90. The first kappa shape index (κ1) is 19.0. The van der Waals surface area contributed by atoms with Crippen molar-refractivity contribution in [3.05, 3.63) is 12.7 Å². The van der Waals surface area contributed by atoms with E-state index in [1.54, 1.807) is 0 Å². The summed E-state index contributed by atoms with van der Waals surface area (Å²) in [6.07, 6.45) is 10.2. The van der Waals surface area contributed by atoms with Gasteiger partial charge >= 0.3 is 0 Å². The van der Waals surface area contributed by atoms with E-state index in [9.17, 15) is 0 Å². The number of likely N-dealkylation sites (tertiary alicyclic amines) is 1. The SMILES string of the molecule is C=CCN1CCC(NC(=NC)NCC(C2CC2)C2CC2)CC1.I. The van der Waals surface area contributed by atoms with E-state index in [1.807, 2.05) is 13.1 Å². The van der Waals surface area contributed by atoms with Gasteiger partial charge < -0.3 is 10.6 Å². The molecule has 5 heteroatoms. The number of hydrogen-bond acceptors (Lipinski definition) is 2. The van der Waals surface area contributed by atoms with Crippen molar-refractivity contribution in [3.8, 4) is 0 Å². The van der Waals surface area contributed by atoms with Crippen LogP contribution in [0.15, 0.2) is 17.6 Å². The molecule has 3 fully saturated rings. The largest absolute Gasteiger partial charge is 0.356 e. The Hall–Kier alpha value is -0.300. The van der Waals surface area contributed by atoms with E-state index >= 15 is 0 Å².